The monoisotopic (exact) mass is 208 g/mol. The molecule has 14 heavy (non-hydrogen) atoms. The molecule has 0 unspecified atom stereocenters. The Kier molecular flexibility index (Phi) is 2.54. The van der Waals surface area contributed by atoms with Crippen LogP contribution in [0.3, 0.4) is 0 Å². The second-order valence-corrected chi connectivity index (χ2v) is 4.06. The van der Waals surface area contributed by atoms with E-state index in [4.69, 9.17) is 0 Å². The highest BCUT2D eigenvalue weighted by molar-refractivity contribution is 7.13. The number of rotatable bonds is 3. The summed E-state index contributed by atoms with van der Waals surface area (Å²) in [5, 5.41) is 11.5. The maximum absolute atomic E-state index is 9.52. The van der Waals surface area contributed by atoms with E-state index in [1.807, 2.05) is 17.5 Å². The molecule has 3 nitrogen and oxygen atoms in total. The average Bonchev–Trinajstić information content (AvgIpc) is 2.76. The van der Waals surface area contributed by atoms with Gasteiger partial charge in [0.15, 0.2) is 5.82 Å². The summed E-state index contributed by atoms with van der Waals surface area (Å²) in [6.45, 7) is 2.07. The number of aryl methyl sites for hydroxylation is 1. The number of imidazole rings is 1. The van der Waals surface area contributed by atoms with Crippen molar-refractivity contribution in [3.05, 3.63) is 23.2 Å². The van der Waals surface area contributed by atoms with E-state index < -0.39 is 0 Å². The second kappa shape index (κ2) is 3.84. The van der Waals surface area contributed by atoms with Gasteiger partial charge in [0.05, 0.1) is 10.6 Å². The van der Waals surface area contributed by atoms with Gasteiger partial charge >= 0.3 is 0 Å². The number of aromatic hydroxyl groups is 1. The zero-order valence-corrected chi connectivity index (χ0v) is 8.77. The SMILES string of the molecule is CCCc1[nH]c(-c2cccs2)nc1O. The molecule has 0 bridgehead atoms. The summed E-state index contributed by atoms with van der Waals surface area (Å²) >= 11 is 1.61. The van der Waals surface area contributed by atoms with Gasteiger partial charge in [-0.05, 0) is 17.9 Å². The second-order valence-electron chi connectivity index (χ2n) is 3.11. The van der Waals surface area contributed by atoms with Crippen molar-refractivity contribution in [3.63, 3.8) is 0 Å². The van der Waals surface area contributed by atoms with E-state index in [0.29, 0.717) is 0 Å². The molecule has 2 aromatic rings. The van der Waals surface area contributed by atoms with Crippen molar-refractivity contribution in [2.75, 3.05) is 0 Å². The van der Waals surface area contributed by atoms with E-state index in [9.17, 15) is 5.11 Å². The highest BCUT2D eigenvalue weighted by Crippen LogP contribution is 2.26. The van der Waals surface area contributed by atoms with Crippen LogP contribution >= 0.6 is 11.3 Å². The highest BCUT2D eigenvalue weighted by atomic mass is 32.1. The third kappa shape index (κ3) is 1.65. The molecule has 2 aromatic heterocycles. The lowest BCUT2D eigenvalue weighted by atomic mass is 10.3. The van der Waals surface area contributed by atoms with Gasteiger partial charge in [0.1, 0.15) is 0 Å². The fraction of sp³-hybridized carbons (Fsp3) is 0.300. The summed E-state index contributed by atoms with van der Waals surface area (Å²) in [6, 6.07) is 3.96. The van der Waals surface area contributed by atoms with Gasteiger partial charge in [0.2, 0.25) is 5.88 Å². The summed E-state index contributed by atoms with van der Waals surface area (Å²) in [5.41, 5.74) is 0.830. The summed E-state index contributed by atoms with van der Waals surface area (Å²) in [5.74, 6) is 0.899. The van der Waals surface area contributed by atoms with Gasteiger partial charge in [-0.2, -0.15) is 4.98 Å². The first-order valence-electron chi connectivity index (χ1n) is 4.63. The number of thiophene rings is 1. The summed E-state index contributed by atoms with van der Waals surface area (Å²) in [7, 11) is 0. The molecule has 0 saturated carbocycles. The molecule has 0 fully saturated rings. The van der Waals surface area contributed by atoms with Crippen molar-refractivity contribution < 1.29 is 5.11 Å². The Morgan fingerprint density at radius 2 is 2.43 bits per heavy atom. The molecular formula is C10H12N2OS. The number of nitrogens with zero attached hydrogens (tertiary/aromatic N) is 1. The van der Waals surface area contributed by atoms with Crippen LogP contribution in [0.15, 0.2) is 17.5 Å². The van der Waals surface area contributed by atoms with Crippen LogP contribution in [0, 0.1) is 0 Å². The van der Waals surface area contributed by atoms with Crippen molar-refractivity contribution in [1.82, 2.24) is 9.97 Å². The summed E-state index contributed by atoms with van der Waals surface area (Å²) in [4.78, 5) is 8.27. The third-order valence-electron chi connectivity index (χ3n) is 2.01. The molecule has 0 amide bonds. The number of hydrogen-bond donors (Lipinski definition) is 2. The molecule has 4 heteroatoms. The van der Waals surface area contributed by atoms with Crippen molar-refractivity contribution in [3.8, 4) is 16.6 Å². The first-order valence-corrected chi connectivity index (χ1v) is 5.51. The quantitative estimate of drug-likeness (QED) is 0.814. The Morgan fingerprint density at radius 3 is 3.07 bits per heavy atom. The molecule has 2 heterocycles. The van der Waals surface area contributed by atoms with Gasteiger partial charge in [-0.1, -0.05) is 19.4 Å². The Hall–Kier alpha value is -1.29. The molecule has 0 atom stereocenters. The normalized spacial score (nSPS) is 10.6. The number of H-pyrrole nitrogens is 1. The number of hydrogen-bond acceptors (Lipinski definition) is 3. The Morgan fingerprint density at radius 1 is 1.57 bits per heavy atom. The minimum Gasteiger partial charge on any atom is -0.492 e. The van der Waals surface area contributed by atoms with Crippen LogP contribution in [0.2, 0.25) is 0 Å². The topological polar surface area (TPSA) is 48.9 Å². The van der Waals surface area contributed by atoms with Crippen LogP contribution in [-0.4, -0.2) is 15.1 Å². The van der Waals surface area contributed by atoms with E-state index in [1.165, 1.54) is 0 Å². The number of aromatic nitrogens is 2. The van der Waals surface area contributed by atoms with Crippen LogP contribution < -0.4 is 0 Å². The molecular weight excluding hydrogens is 196 g/mol. The van der Waals surface area contributed by atoms with E-state index >= 15 is 0 Å². The zero-order chi connectivity index (χ0) is 9.97. The predicted molar refractivity (Wildman–Crippen MR) is 57.6 cm³/mol. The smallest absolute Gasteiger partial charge is 0.232 e. The van der Waals surface area contributed by atoms with Gasteiger partial charge in [0.25, 0.3) is 0 Å². The van der Waals surface area contributed by atoms with Crippen molar-refractivity contribution in [2.45, 2.75) is 19.8 Å². The Bertz CT molecular complexity index is 406. The third-order valence-corrected chi connectivity index (χ3v) is 2.89. The van der Waals surface area contributed by atoms with E-state index in [0.717, 1.165) is 29.2 Å². The lowest BCUT2D eigenvalue weighted by Crippen LogP contribution is -1.82. The molecule has 2 rings (SSSR count). The van der Waals surface area contributed by atoms with Crippen LogP contribution in [0.1, 0.15) is 19.0 Å². The van der Waals surface area contributed by atoms with Gasteiger partial charge in [-0.25, -0.2) is 0 Å². The molecule has 0 aliphatic carbocycles. The minimum atomic E-state index is 0.134. The molecule has 0 aromatic carbocycles. The van der Waals surface area contributed by atoms with Crippen molar-refractivity contribution in [1.29, 1.82) is 0 Å². The maximum atomic E-state index is 9.52. The molecule has 0 aliphatic rings. The summed E-state index contributed by atoms with van der Waals surface area (Å²) in [6.07, 6.45) is 1.84. The highest BCUT2D eigenvalue weighted by Gasteiger charge is 2.09. The first kappa shape index (κ1) is 9.27. The lowest BCUT2D eigenvalue weighted by Gasteiger charge is -1.91. The van der Waals surface area contributed by atoms with Crippen molar-refractivity contribution in [2.24, 2.45) is 0 Å². The predicted octanol–water partition coefficient (Wildman–Crippen LogP) is 2.80. The number of nitrogens with one attached hydrogen (secondary N) is 1. The van der Waals surface area contributed by atoms with Crippen LogP contribution in [0.25, 0.3) is 10.7 Å². The fourth-order valence-corrected chi connectivity index (χ4v) is 2.02. The van der Waals surface area contributed by atoms with Gasteiger partial charge < -0.3 is 10.1 Å². The minimum absolute atomic E-state index is 0.134. The number of aromatic amines is 1. The van der Waals surface area contributed by atoms with Gasteiger partial charge in [0, 0.05) is 0 Å². The zero-order valence-electron chi connectivity index (χ0n) is 7.95. The fourth-order valence-electron chi connectivity index (χ4n) is 1.35. The standard InChI is InChI=1S/C10H12N2OS/c1-2-4-7-10(13)12-9(11-7)8-5-3-6-14-8/h3,5-6,13H,2,4H2,1H3,(H,11,12). The van der Waals surface area contributed by atoms with E-state index in [1.54, 1.807) is 11.3 Å². The van der Waals surface area contributed by atoms with Gasteiger partial charge in [-0.15, -0.1) is 11.3 Å². The molecule has 0 saturated heterocycles. The molecule has 74 valence electrons. The largest absolute Gasteiger partial charge is 0.492 e. The van der Waals surface area contributed by atoms with Crippen LogP contribution in [0.4, 0.5) is 0 Å². The molecule has 0 spiro atoms. The van der Waals surface area contributed by atoms with Gasteiger partial charge in [-0.3, -0.25) is 0 Å². The molecule has 0 radical (unpaired) electrons. The van der Waals surface area contributed by atoms with Crippen LogP contribution in [-0.2, 0) is 6.42 Å². The lowest BCUT2D eigenvalue weighted by molar-refractivity contribution is 0.449. The van der Waals surface area contributed by atoms with Crippen LogP contribution in [0.5, 0.6) is 5.88 Å². The van der Waals surface area contributed by atoms with E-state index in [-0.39, 0.29) is 5.88 Å². The van der Waals surface area contributed by atoms with Crippen molar-refractivity contribution >= 4 is 11.3 Å². The molecule has 0 aliphatic heterocycles. The average molecular weight is 208 g/mol. The van der Waals surface area contributed by atoms with E-state index in [2.05, 4.69) is 16.9 Å². The summed E-state index contributed by atoms with van der Waals surface area (Å²) < 4.78 is 0. The Labute approximate surface area is 86.4 Å². The Balaban J connectivity index is 2.33. The maximum Gasteiger partial charge on any atom is 0.232 e. The molecule has 2 N–H and O–H groups in total. The first-order chi connectivity index (χ1) is 6.81.